The first kappa shape index (κ1) is 12.9. The van der Waals surface area contributed by atoms with Crippen LogP contribution < -0.4 is 0 Å². The van der Waals surface area contributed by atoms with E-state index < -0.39 is 5.97 Å². The fraction of sp³-hybridized carbons (Fsp3) is 0.800. The maximum absolute atomic E-state index is 10.7. The standard InChI is InChI=1S/C7H11NO3.C3H8/c1-5(9)8-3-2-6(4-8)7(10)11;1-3-2/h6H,2-4H2,1H3,(H,10,11);3H2,1-2H3. The Labute approximate surface area is 84.9 Å². The minimum atomic E-state index is -0.797. The van der Waals surface area contributed by atoms with Crippen LogP contribution >= 0.6 is 0 Å². The van der Waals surface area contributed by atoms with Crippen LogP contribution in [-0.2, 0) is 9.59 Å². The Kier molecular flexibility index (Phi) is 5.92. The first-order chi connectivity index (χ1) is 6.52. The Morgan fingerprint density at radius 1 is 1.43 bits per heavy atom. The average molecular weight is 201 g/mol. The molecule has 82 valence electrons. The molecule has 0 aliphatic carbocycles. The van der Waals surface area contributed by atoms with E-state index in [4.69, 9.17) is 5.11 Å². The number of carboxylic acids is 1. The van der Waals surface area contributed by atoms with E-state index in [-0.39, 0.29) is 11.8 Å². The molecule has 0 radical (unpaired) electrons. The second-order valence-corrected chi connectivity index (χ2v) is 3.50. The summed E-state index contributed by atoms with van der Waals surface area (Å²) in [4.78, 5) is 22.7. The average Bonchev–Trinajstić information content (AvgIpc) is 2.53. The SMILES string of the molecule is CC(=O)N1CCC(C(=O)O)C1.CCC. The van der Waals surface area contributed by atoms with Crippen molar-refractivity contribution in [2.75, 3.05) is 13.1 Å². The van der Waals surface area contributed by atoms with Gasteiger partial charge in [0.1, 0.15) is 0 Å². The van der Waals surface area contributed by atoms with Crippen molar-refractivity contribution in [2.24, 2.45) is 5.92 Å². The summed E-state index contributed by atoms with van der Waals surface area (Å²) < 4.78 is 0. The van der Waals surface area contributed by atoms with Gasteiger partial charge in [-0.1, -0.05) is 20.3 Å². The number of carbonyl (C=O) groups excluding carboxylic acids is 1. The summed E-state index contributed by atoms with van der Waals surface area (Å²) in [7, 11) is 0. The van der Waals surface area contributed by atoms with E-state index in [0.29, 0.717) is 19.5 Å². The molecule has 1 heterocycles. The van der Waals surface area contributed by atoms with Crippen LogP contribution in [-0.4, -0.2) is 35.0 Å². The largest absolute Gasteiger partial charge is 0.481 e. The van der Waals surface area contributed by atoms with Crippen LogP contribution in [0, 0.1) is 5.92 Å². The van der Waals surface area contributed by atoms with E-state index in [1.54, 1.807) is 4.90 Å². The predicted molar refractivity (Wildman–Crippen MR) is 54.0 cm³/mol. The van der Waals surface area contributed by atoms with Gasteiger partial charge in [0.2, 0.25) is 5.91 Å². The lowest BCUT2D eigenvalue weighted by Gasteiger charge is -2.11. The number of nitrogens with zero attached hydrogens (tertiary/aromatic N) is 1. The van der Waals surface area contributed by atoms with Crippen LogP contribution in [0.25, 0.3) is 0 Å². The van der Waals surface area contributed by atoms with Gasteiger partial charge in [-0.15, -0.1) is 0 Å². The summed E-state index contributed by atoms with van der Waals surface area (Å²) in [6.07, 6.45) is 1.84. The summed E-state index contributed by atoms with van der Waals surface area (Å²) in [5, 5.41) is 8.57. The van der Waals surface area contributed by atoms with Gasteiger partial charge in [0.05, 0.1) is 5.92 Å². The maximum atomic E-state index is 10.7. The lowest BCUT2D eigenvalue weighted by atomic mass is 10.1. The Balaban J connectivity index is 0.000000500. The highest BCUT2D eigenvalue weighted by atomic mass is 16.4. The van der Waals surface area contributed by atoms with Crippen molar-refractivity contribution in [3.8, 4) is 0 Å². The van der Waals surface area contributed by atoms with Crippen LogP contribution in [0.15, 0.2) is 0 Å². The number of rotatable bonds is 1. The summed E-state index contributed by atoms with van der Waals surface area (Å²) in [5.74, 6) is -1.18. The Morgan fingerprint density at radius 2 is 1.93 bits per heavy atom. The smallest absolute Gasteiger partial charge is 0.308 e. The molecule has 4 nitrogen and oxygen atoms in total. The van der Waals surface area contributed by atoms with Gasteiger partial charge in [0.25, 0.3) is 0 Å². The van der Waals surface area contributed by atoms with E-state index >= 15 is 0 Å². The lowest BCUT2D eigenvalue weighted by Crippen LogP contribution is -2.27. The maximum Gasteiger partial charge on any atom is 0.308 e. The van der Waals surface area contributed by atoms with Crippen molar-refractivity contribution in [1.29, 1.82) is 0 Å². The Hall–Kier alpha value is -1.06. The minimum absolute atomic E-state index is 0.0336. The van der Waals surface area contributed by atoms with Crippen LogP contribution in [0.3, 0.4) is 0 Å². The highest BCUT2D eigenvalue weighted by Crippen LogP contribution is 2.15. The molecule has 1 N–H and O–H groups in total. The summed E-state index contributed by atoms with van der Waals surface area (Å²) in [6, 6.07) is 0. The van der Waals surface area contributed by atoms with Gasteiger partial charge in [0.15, 0.2) is 0 Å². The molecular weight excluding hydrogens is 182 g/mol. The van der Waals surface area contributed by atoms with Crippen molar-refractivity contribution < 1.29 is 14.7 Å². The second kappa shape index (κ2) is 6.40. The number of likely N-dealkylation sites (tertiary alicyclic amines) is 1. The number of aliphatic carboxylic acids is 1. The molecule has 0 aromatic carbocycles. The molecule has 1 rings (SSSR count). The van der Waals surface area contributed by atoms with Crippen LogP contribution in [0.1, 0.15) is 33.6 Å². The van der Waals surface area contributed by atoms with Crippen molar-refractivity contribution in [3.05, 3.63) is 0 Å². The summed E-state index contributed by atoms with van der Waals surface area (Å²) in [5.41, 5.74) is 0. The fourth-order valence-corrected chi connectivity index (χ4v) is 1.25. The van der Waals surface area contributed by atoms with Gasteiger partial charge in [0, 0.05) is 20.0 Å². The zero-order valence-corrected chi connectivity index (χ0v) is 9.12. The minimum Gasteiger partial charge on any atom is -0.481 e. The normalized spacial score (nSPS) is 19.9. The van der Waals surface area contributed by atoms with Crippen LogP contribution in [0.4, 0.5) is 0 Å². The third kappa shape index (κ3) is 4.25. The van der Waals surface area contributed by atoms with E-state index in [1.165, 1.54) is 13.3 Å². The molecule has 1 aliphatic heterocycles. The van der Waals surface area contributed by atoms with E-state index in [2.05, 4.69) is 13.8 Å². The molecule has 14 heavy (non-hydrogen) atoms. The van der Waals surface area contributed by atoms with Gasteiger partial charge in [-0.25, -0.2) is 0 Å². The van der Waals surface area contributed by atoms with Gasteiger partial charge in [-0.05, 0) is 6.42 Å². The summed E-state index contributed by atoms with van der Waals surface area (Å²) >= 11 is 0. The van der Waals surface area contributed by atoms with E-state index in [1.807, 2.05) is 0 Å². The van der Waals surface area contributed by atoms with E-state index in [0.717, 1.165) is 0 Å². The zero-order chi connectivity index (χ0) is 11.1. The second-order valence-electron chi connectivity index (χ2n) is 3.50. The topological polar surface area (TPSA) is 57.6 Å². The zero-order valence-electron chi connectivity index (χ0n) is 9.12. The molecule has 4 heteroatoms. The molecular formula is C10H19NO3. The van der Waals surface area contributed by atoms with Gasteiger partial charge in [-0.3, -0.25) is 9.59 Å². The number of hydrogen-bond donors (Lipinski definition) is 1. The molecule has 0 saturated carbocycles. The molecule has 1 atom stereocenters. The molecule has 0 aromatic heterocycles. The highest BCUT2D eigenvalue weighted by Gasteiger charge is 2.28. The number of hydrogen-bond acceptors (Lipinski definition) is 2. The monoisotopic (exact) mass is 201 g/mol. The fourth-order valence-electron chi connectivity index (χ4n) is 1.25. The first-order valence-corrected chi connectivity index (χ1v) is 5.01. The molecule has 0 spiro atoms. The predicted octanol–water partition coefficient (Wildman–Crippen LogP) is 1.36. The van der Waals surface area contributed by atoms with E-state index in [9.17, 15) is 9.59 Å². The summed E-state index contributed by atoms with van der Waals surface area (Å²) in [6.45, 7) is 6.68. The number of carbonyl (C=O) groups is 2. The van der Waals surface area contributed by atoms with Gasteiger partial charge >= 0.3 is 5.97 Å². The molecule has 0 bridgehead atoms. The lowest BCUT2D eigenvalue weighted by molar-refractivity contribution is -0.141. The quantitative estimate of drug-likeness (QED) is 0.696. The highest BCUT2D eigenvalue weighted by molar-refractivity contribution is 5.76. The third-order valence-corrected chi connectivity index (χ3v) is 1.98. The molecule has 1 unspecified atom stereocenters. The van der Waals surface area contributed by atoms with Crippen LogP contribution in [0.5, 0.6) is 0 Å². The van der Waals surface area contributed by atoms with Crippen molar-refractivity contribution in [3.63, 3.8) is 0 Å². The molecule has 1 saturated heterocycles. The number of carboxylic acid groups (broad SMARTS) is 1. The molecule has 1 fully saturated rings. The van der Waals surface area contributed by atoms with Crippen LogP contribution in [0.2, 0.25) is 0 Å². The van der Waals surface area contributed by atoms with Gasteiger partial charge in [-0.2, -0.15) is 0 Å². The number of amides is 1. The molecule has 1 amide bonds. The first-order valence-electron chi connectivity index (χ1n) is 5.01. The van der Waals surface area contributed by atoms with Crippen molar-refractivity contribution in [1.82, 2.24) is 4.90 Å². The Bertz CT molecular complexity index is 184. The Morgan fingerprint density at radius 3 is 2.14 bits per heavy atom. The molecule has 1 aliphatic rings. The van der Waals surface area contributed by atoms with Crippen molar-refractivity contribution in [2.45, 2.75) is 33.6 Å². The van der Waals surface area contributed by atoms with Gasteiger partial charge < -0.3 is 10.0 Å². The van der Waals surface area contributed by atoms with Crippen molar-refractivity contribution >= 4 is 11.9 Å². The molecule has 0 aromatic rings. The third-order valence-electron chi connectivity index (χ3n) is 1.98.